The van der Waals surface area contributed by atoms with Gasteiger partial charge in [-0.2, -0.15) is 0 Å². The van der Waals surface area contributed by atoms with Gasteiger partial charge in [-0.05, 0) is 49.2 Å². The number of benzene rings is 1. The van der Waals surface area contributed by atoms with Crippen LogP contribution >= 0.6 is 27.7 Å². The number of piperidine rings is 1. The summed E-state index contributed by atoms with van der Waals surface area (Å²) in [6.45, 7) is 5.49. The molecule has 5 heteroatoms. The molecule has 1 aromatic carbocycles. The van der Waals surface area contributed by atoms with E-state index in [4.69, 9.17) is 0 Å². The predicted molar refractivity (Wildman–Crippen MR) is 96.8 cm³/mol. The van der Waals surface area contributed by atoms with E-state index < -0.39 is 0 Å². The topological polar surface area (TPSA) is 33.2 Å². The first-order valence-corrected chi connectivity index (χ1v) is 9.09. The lowest BCUT2D eigenvalue weighted by atomic mass is 10.1. The van der Waals surface area contributed by atoms with E-state index in [-0.39, 0.29) is 5.91 Å². The lowest BCUT2D eigenvalue weighted by molar-refractivity contribution is 0.0739. The third kappa shape index (κ3) is 4.03. The Kier molecular flexibility index (Phi) is 5.18. The molecule has 0 radical (unpaired) electrons. The molecule has 1 aliphatic rings. The molecule has 0 aliphatic carbocycles. The molecule has 1 amide bonds. The van der Waals surface area contributed by atoms with E-state index >= 15 is 0 Å². The van der Waals surface area contributed by atoms with Crippen LogP contribution in [0.4, 0.5) is 0 Å². The Morgan fingerprint density at radius 2 is 1.87 bits per heavy atom. The molecule has 1 fully saturated rings. The zero-order chi connectivity index (χ0) is 16.2. The van der Waals surface area contributed by atoms with Crippen LogP contribution in [0.5, 0.6) is 0 Å². The van der Waals surface area contributed by atoms with E-state index in [1.807, 2.05) is 41.3 Å². The van der Waals surface area contributed by atoms with Crippen molar-refractivity contribution in [1.82, 2.24) is 9.88 Å². The summed E-state index contributed by atoms with van der Waals surface area (Å²) < 4.78 is 1.03. The van der Waals surface area contributed by atoms with Crippen molar-refractivity contribution in [1.29, 1.82) is 0 Å². The standard InChI is InChI=1S/C18H17BrN2OS/c1-13-8-11-21(12-9-13)18(22)16-3-2-10-20-17(16)23-15-6-4-14(19)5-7-15/h2-7,10H,1,8-9,11-12H2. The summed E-state index contributed by atoms with van der Waals surface area (Å²) in [5, 5.41) is 0.754. The van der Waals surface area contributed by atoms with E-state index in [0.29, 0.717) is 5.56 Å². The normalized spacial score (nSPS) is 14.8. The van der Waals surface area contributed by atoms with Gasteiger partial charge in [0.25, 0.3) is 5.91 Å². The van der Waals surface area contributed by atoms with Gasteiger partial charge in [-0.15, -0.1) is 0 Å². The second-order valence-electron chi connectivity index (χ2n) is 5.45. The van der Waals surface area contributed by atoms with Crippen molar-refractivity contribution >= 4 is 33.6 Å². The van der Waals surface area contributed by atoms with Gasteiger partial charge < -0.3 is 4.90 Å². The molecule has 0 atom stereocenters. The van der Waals surface area contributed by atoms with Crippen molar-refractivity contribution in [3.63, 3.8) is 0 Å². The predicted octanol–water partition coefficient (Wildman–Crippen LogP) is 4.79. The molecule has 2 heterocycles. The monoisotopic (exact) mass is 388 g/mol. The molecule has 1 aliphatic heterocycles. The highest BCUT2D eigenvalue weighted by Crippen LogP contribution is 2.30. The Labute approximate surface area is 148 Å². The number of aromatic nitrogens is 1. The molecule has 1 saturated heterocycles. The van der Waals surface area contributed by atoms with Gasteiger partial charge in [0.05, 0.1) is 5.56 Å². The zero-order valence-electron chi connectivity index (χ0n) is 12.7. The number of amides is 1. The Morgan fingerprint density at radius 3 is 2.57 bits per heavy atom. The summed E-state index contributed by atoms with van der Waals surface area (Å²) in [6.07, 6.45) is 3.51. The van der Waals surface area contributed by atoms with Crippen molar-refractivity contribution in [2.24, 2.45) is 0 Å². The Morgan fingerprint density at radius 1 is 1.17 bits per heavy atom. The van der Waals surface area contributed by atoms with Gasteiger partial charge >= 0.3 is 0 Å². The number of pyridine rings is 1. The lowest BCUT2D eigenvalue weighted by Gasteiger charge is -2.28. The molecule has 118 valence electrons. The smallest absolute Gasteiger partial charge is 0.256 e. The molecule has 1 aromatic heterocycles. The maximum Gasteiger partial charge on any atom is 0.256 e. The molecule has 0 bridgehead atoms. The Hall–Kier alpha value is -1.59. The second kappa shape index (κ2) is 7.32. The van der Waals surface area contributed by atoms with E-state index in [9.17, 15) is 4.79 Å². The van der Waals surface area contributed by atoms with E-state index in [0.717, 1.165) is 40.3 Å². The van der Waals surface area contributed by atoms with Gasteiger partial charge in [0.2, 0.25) is 0 Å². The first kappa shape index (κ1) is 16.3. The summed E-state index contributed by atoms with van der Waals surface area (Å²) in [6, 6.07) is 11.7. The number of carbonyl (C=O) groups excluding carboxylic acids is 1. The molecule has 3 nitrogen and oxygen atoms in total. The van der Waals surface area contributed by atoms with Crippen molar-refractivity contribution in [3.05, 3.63) is 64.8 Å². The highest BCUT2D eigenvalue weighted by molar-refractivity contribution is 9.10. The first-order chi connectivity index (χ1) is 11.1. The number of halogens is 1. The minimum atomic E-state index is 0.0604. The van der Waals surface area contributed by atoms with Crippen LogP contribution < -0.4 is 0 Å². The molecule has 23 heavy (non-hydrogen) atoms. The van der Waals surface area contributed by atoms with E-state index in [1.54, 1.807) is 6.20 Å². The van der Waals surface area contributed by atoms with E-state index in [2.05, 4.69) is 27.5 Å². The van der Waals surface area contributed by atoms with Crippen molar-refractivity contribution < 1.29 is 4.79 Å². The van der Waals surface area contributed by atoms with Gasteiger partial charge in [0, 0.05) is 28.7 Å². The molecular weight excluding hydrogens is 372 g/mol. The summed E-state index contributed by atoms with van der Waals surface area (Å²) in [5.41, 5.74) is 1.90. The number of rotatable bonds is 3. The third-order valence-corrected chi connectivity index (χ3v) is 5.34. The van der Waals surface area contributed by atoms with Crippen LogP contribution in [0.15, 0.2) is 69.1 Å². The van der Waals surface area contributed by atoms with Crippen LogP contribution in [0.3, 0.4) is 0 Å². The summed E-state index contributed by atoms with van der Waals surface area (Å²) in [5.74, 6) is 0.0604. The SMILES string of the molecule is C=C1CCN(C(=O)c2cccnc2Sc2ccc(Br)cc2)CC1. The summed E-state index contributed by atoms with van der Waals surface area (Å²) >= 11 is 4.95. The molecular formula is C18H17BrN2OS. The minimum Gasteiger partial charge on any atom is -0.338 e. The minimum absolute atomic E-state index is 0.0604. The number of hydrogen-bond donors (Lipinski definition) is 0. The highest BCUT2D eigenvalue weighted by atomic mass is 79.9. The van der Waals surface area contributed by atoms with Crippen LogP contribution in [0, 0.1) is 0 Å². The van der Waals surface area contributed by atoms with Crippen LogP contribution in [0.2, 0.25) is 0 Å². The fraction of sp³-hybridized carbons (Fsp3) is 0.222. The average Bonchev–Trinajstić information content (AvgIpc) is 2.57. The molecule has 2 aromatic rings. The molecule has 0 unspecified atom stereocenters. The van der Waals surface area contributed by atoms with Crippen LogP contribution in [0.25, 0.3) is 0 Å². The van der Waals surface area contributed by atoms with Crippen molar-refractivity contribution in [2.45, 2.75) is 22.8 Å². The summed E-state index contributed by atoms with van der Waals surface area (Å²) in [4.78, 5) is 20.2. The number of nitrogens with zero attached hydrogens (tertiary/aromatic N) is 2. The fourth-order valence-corrected chi connectivity index (χ4v) is 3.58. The quantitative estimate of drug-likeness (QED) is 0.708. The molecule has 3 rings (SSSR count). The first-order valence-electron chi connectivity index (χ1n) is 7.48. The molecule has 0 N–H and O–H groups in total. The van der Waals surface area contributed by atoms with Gasteiger partial charge in [0.1, 0.15) is 5.03 Å². The number of hydrogen-bond acceptors (Lipinski definition) is 3. The molecule has 0 spiro atoms. The maximum absolute atomic E-state index is 12.8. The van der Waals surface area contributed by atoms with Crippen LogP contribution in [0.1, 0.15) is 23.2 Å². The fourth-order valence-electron chi connectivity index (χ4n) is 2.45. The molecule has 0 saturated carbocycles. The van der Waals surface area contributed by atoms with Crippen LogP contribution in [-0.4, -0.2) is 28.9 Å². The van der Waals surface area contributed by atoms with Crippen molar-refractivity contribution in [2.75, 3.05) is 13.1 Å². The maximum atomic E-state index is 12.8. The van der Waals surface area contributed by atoms with Gasteiger partial charge in [-0.25, -0.2) is 4.98 Å². The zero-order valence-corrected chi connectivity index (χ0v) is 15.1. The lowest BCUT2D eigenvalue weighted by Crippen LogP contribution is -2.36. The van der Waals surface area contributed by atoms with Gasteiger partial charge in [-0.3, -0.25) is 4.79 Å². The van der Waals surface area contributed by atoms with E-state index in [1.165, 1.54) is 17.3 Å². The largest absolute Gasteiger partial charge is 0.338 e. The average molecular weight is 389 g/mol. The Balaban J connectivity index is 1.81. The van der Waals surface area contributed by atoms with Gasteiger partial charge in [-0.1, -0.05) is 39.8 Å². The number of likely N-dealkylation sites (tertiary alicyclic amines) is 1. The van der Waals surface area contributed by atoms with Crippen molar-refractivity contribution in [3.8, 4) is 0 Å². The Bertz CT molecular complexity index is 720. The summed E-state index contributed by atoms with van der Waals surface area (Å²) in [7, 11) is 0. The highest BCUT2D eigenvalue weighted by Gasteiger charge is 2.22. The van der Waals surface area contributed by atoms with Gasteiger partial charge in [0.15, 0.2) is 0 Å². The van der Waals surface area contributed by atoms with Crippen LogP contribution in [-0.2, 0) is 0 Å². The number of carbonyl (C=O) groups is 1. The third-order valence-electron chi connectivity index (χ3n) is 3.79. The second-order valence-corrected chi connectivity index (χ2v) is 7.43.